The molecule has 7 nitrogen and oxygen atoms in total. The van der Waals surface area contributed by atoms with Gasteiger partial charge >= 0.3 is 6.18 Å². The maximum absolute atomic E-state index is 12.6. The van der Waals surface area contributed by atoms with Crippen molar-refractivity contribution in [2.24, 2.45) is 4.99 Å². The second-order valence-corrected chi connectivity index (χ2v) is 6.63. The van der Waals surface area contributed by atoms with Gasteiger partial charge in [-0.05, 0) is 25.5 Å². The van der Waals surface area contributed by atoms with E-state index in [2.05, 4.69) is 25.8 Å². The van der Waals surface area contributed by atoms with E-state index in [-0.39, 0.29) is 30.0 Å². The van der Waals surface area contributed by atoms with Crippen molar-refractivity contribution in [2.45, 2.75) is 32.1 Å². The second kappa shape index (κ2) is 10.8. The first kappa shape index (κ1) is 23.4. The highest BCUT2D eigenvalue weighted by molar-refractivity contribution is 14.0. The average molecular weight is 523 g/mol. The van der Waals surface area contributed by atoms with Crippen LogP contribution in [0.5, 0.6) is 0 Å². The van der Waals surface area contributed by atoms with Crippen LogP contribution in [0, 0.1) is 0 Å². The molecule has 2 heterocycles. The molecule has 1 saturated heterocycles. The van der Waals surface area contributed by atoms with E-state index < -0.39 is 12.7 Å². The normalized spacial score (nSPS) is 17.8. The molecule has 0 aliphatic carbocycles. The van der Waals surface area contributed by atoms with Crippen LogP contribution in [0.15, 0.2) is 41.7 Å². The molecule has 0 amide bonds. The van der Waals surface area contributed by atoms with Gasteiger partial charge in [-0.2, -0.15) is 13.2 Å². The fraction of sp³-hybridized carbons (Fsp3) is 0.500. The van der Waals surface area contributed by atoms with Crippen molar-refractivity contribution in [3.63, 3.8) is 0 Å². The molecule has 1 fully saturated rings. The Labute approximate surface area is 184 Å². The Morgan fingerprint density at radius 2 is 2.03 bits per heavy atom. The molecular formula is C18H25F3IN7. The monoisotopic (exact) mass is 523 g/mol. The van der Waals surface area contributed by atoms with E-state index in [1.54, 1.807) is 6.33 Å². The van der Waals surface area contributed by atoms with Crippen LogP contribution in [0.25, 0.3) is 5.69 Å². The van der Waals surface area contributed by atoms with Gasteiger partial charge in [-0.25, -0.2) is 4.99 Å². The van der Waals surface area contributed by atoms with Crippen LogP contribution < -0.4 is 10.6 Å². The first-order chi connectivity index (χ1) is 13.4. The van der Waals surface area contributed by atoms with Crippen molar-refractivity contribution in [3.05, 3.63) is 42.5 Å². The van der Waals surface area contributed by atoms with Gasteiger partial charge in [0.15, 0.2) is 11.8 Å². The number of likely N-dealkylation sites (tertiary alicyclic amines) is 1. The number of hydrogen-bond acceptors (Lipinski definition) is 4. The quantitative estimate of drug-likeness (QED) is 0.346. The molecule has 2 N–H and O–H groups in total. The van der Waals surface area contributed by atoms with Gasteiger partial charge in [0.2, 0.25) is 0 Å². The van der Waals surface area contributed by atoms with Gasteiger partial charge in [-0.15, -0.1) is 34.2 Å². The summed E-state index contributed by atoms with van der Waals surface area (Å²) in [6, 6.07) is 9.62. The molecule has 1 unspecified atom stereocenters. The number of para-hydroxylation sites is 1. The Morgan fingerprint density at radius 1 is 1.28 bits per heavy atom. The molecule has 2 aromatic rings. The number of nitrogens with zero attached hydrogens (tertiary/aromatic N) is 5. The maximum atomic E-state index is 12.6. The molecule has 1 aromatic carbocycles. The van der Waals surface area contributed by atoms with E-state index in [9.17, 15) is 13.2 Å². The zero-order chi connectivity index (χ0) is 20.0. The van der Waals surface area contributed by atoms with Gasteiger partial charge in [0.25, 0.3) is 0 Å². The number of halogens is 4. The fourth-order valence-corrected chi connectivity index (χ4v) is 3.18. The van der Waals surface area contributed by atoms with Gasteiger partial charge < -0.3 is 10.6 Å². The predicted octanol–water partition coefficient (Wildman–Crippen LogP) is 2.58. The van der Waals surface area contributed by atoms with Crippen LogP contribution in [0.4, 0.5) is 13.2 Å². The van der Waals surface area contributed by atoms with Gasteiger partial charge in [0, 0.05) is 31.4 Å². The molecule has 3 rings (SSSR count). The molecule has 0 radical (unpaired) electrons. The van der Waals surface area contributed by atoms with Crippen molar-refractivity contribution in [2.75, 3.05) is 26.2 Å². The van der Waals surface area contributed by atoms with E-state index >= 15 is 0 Å². The molecule has 1 aliphatic heterocycles. The zero-order valence-corrected chi connectivity index (χ0v) is 18.4. The fourth-order valence-electron chi connectivity index (χ4n) is 3.18. The Bertz CT molecular complexity index is 779. The number of benzene rings is 1. The minimum Gasteiger partial charge on any atom is -0.357 e. The van der Waals surface area contributed by atoms with Gasteiger partial charge in [-0.1, -0.05) is 18.2 Å². The van der Waals surface area contributed by atoms with Gasteiger partial charge in [0.05, 0.1) is 6.54 Å². The van der Waals surface area contributed by atoms with Crippen LogP contribution in [0.2, 0.25) is 0 Å². The number of hydrogen-bond donors (Lipinski definition) is 2. The van der Waals surface area contributed by atoms with Crippen LogP contribution in [0.3, 0.4) is 0 Å². The lowest BCUT2D eigenvalue weighted by atomic mass is 10.3. The van der Waals surface area contributed by atoms with Crippen molar-refractivity contribution in [1.82, 2.24) is 30.3 Å². The third kappa shape index (κ3) is 7.14. The van der Waals surface area contributed by atoms with Crippen molar-refractivity contribution >= 4 is 29.9 Å². The van der Waals surface area contributed by atoms with Crippen molar-refractivity contribution in [1.29, 1.82) is 0 Å². The van der Waals surface area contributed by atoms with E-state index in [1.807, 2.05) is 41.8 Å². The average Bonchev–Trinajstić information content (AvgIpc) is 3.28. The molecule has 1 aliphatic rings. The summed E-state index contributed by atoms with van der Waals surface area (Å²) in [7, 11) is 0. The highest BCUT2D eigenvalue weighted by Crippen LogP contribution is 2.20. The lowest BCUT2D eigenvalue weighted by molar-refractivity contribution is -0.143. The predicted molar refractivity (Wildman–Crippen MR) is 116 cm³/mol. The lowest BCUT2D eigenvalue weighted by Gasteiger charge is -2.19. The SMILES string of the molecule is CCNC(=NCc1nncn1-c1ccccc1)NC1CCN(CC(F)(F)F)C1.I. The number of aromatic nitrogens is 3. The first-order valence-electron chi connectivity index (χ1n) is 9.23. The van der Waals surface area contributed by atoms with E-state index in [0.717, 1.165) is 5.69 Å². The zero-order valence-electron chi connectivity index (χ0n) is 16.1. The smallest absolute Gasteiger partial charge is 0.357 e. The van der Waals surface area contributed by atoms with Crippen molar-refractivity contribution < 1.29 is 13.2 Å². The number of aliphatic imine (C=N–C) groups is 1. The third-order valence-corrected chi connectivity index (χ3v) is 4.39. The van der Waals surface area contributed by atoms with E-state index in [4.69, 9.17) is 0 Å². The van der Waals surface area contributed by atoms with E-state index in [1.165, 1.54) is 4.90 Å². The van der Waals surface area contributed by atoms with Crippen molar-refractivity contribution in [3.8, 4) is 5.69 Å². The van der Waals surface area contributed by atoms with E-state index in [0.29, 0.717) is 44.4 Å². The Balaban J connectivity index is 0.00000300. The third-order valence-electron chi connectivity index (χ3n) is 4.39. The second-order valence-electron chi connectivity index (χ2n) is 6.63. The summed E-state index contributed by atoms with van der Waals surface area (Å²) in [5, 5.41) is 14.4. The molecular weight excluding hydrogens is 498 g/mol. The summed E-state index contributed by atoms with van der Waals surface area (Å²) >= 11 is 0. The topological polar surface area (TPSA) is 70.4 Å². The molecule has 29 heavy (non-hydrogen) atoms. The number of guanidine groups is 1. The maximum Gasteiger partial charge on any atom is 0.401 e. The van der Waals surface area contributed by atoms with Gasteiger partial charge in [0.1, 0.15) is 12.9 Å². The molecule has 1 aromatic heterocycles. The minimum absolute atomic E-state index is 0. The Morgan fingerprint density at radius 3 is 2.72 bits per heavy atom. The number of nitrogens with one attached hydrogen (secondary N) is 2. The summed E-state index contributed by atoms with van der Waals surface area (Å²) < 4.78 is 39.5. The molecule has 160 valence electrons. The highest BCUT2D eigenvalue weighted by Gasteiger charge is 2.34. The summed E-state index contributed by atoms with van der Waals surface area (Å²) in [4.78, 5) is 5.95. The Hall–Kier alpha value is -1.89. The number of rotatable bonds is 6. The van der Waals surface area contributed by atoms with Crippen LogP contribution >= 0.6 is 24.0 Å². The molecule has 1 atom stereocenters. The molecule has 0 spiro atoms. The summed E-state index contributed by atoms with van der Waals surface area (Å²) in [6.07, 6.45) is -1.90. The molecule has 0 bridgehead atoms. The molecule has 0 saturated carbocycles. The standard InChI is InChI=1S/C18H24F3N7.HI/c1-2-22-17(25-14-8-9-27(11-14)12-18(19,20)21)23-10-16-26-24-13-28(16)15-6-4-3-5-7-15;/h3-7,13-14H,2,8-12H2,1H3,(H2,22,23,25);1H. The molecule has 11 heteroatoms. The lowest BCUT2D eigenvalue weighted by Crippen LogP contribution is -2.45. The highest BCUT2D eigenvalue weighted by atomic mass is 127. The summed E-state index contributed by atoms with van der Waals surface area (Å²) in [5.41, 5.74) is 0.939. The number of alkyl halides is 3. The van der Waals surface area contributed by atoms with Gasteiger partial charge in [-0.3, -0.25) is 9.47 Å². The largest absolute Gasteiger partial charge is 0.401 e. The summed E-state index contributed by atoms with van der Waals surface area (Å²) in [6.45, 7) is 2.76. The van der Waals surface area contributed by atoms with Crippen LogP contribution in [-0.4, -0.2) is 64.0 Å². The summed E-state index contributed by atoms with van der Waals surface area (Å²) in [5.74, 6) is 1.23. The Kier molecular flexibility index (Phi) is 8.68. The van der Waals surface area contributed by atoms with Crippen LogP contribution in [-0.2, 0) is 6.54 Å². The minimum atomic E-state index is -4.17. The van der Waals surface area contributed by atoms with Crippen LogP contribution in [0.1, 0.15) is 19.2 Å². The first-order valence-corrected chi connectivity index (χ1v) is 9.23.